The molecule has 38 heavy (non-hydrogen) atoms. The van der Waals surface area contributed by atoms with Crippen LogP contribution in [0.1, 0.15) is 29.6 Å². The minimum atomic E-state index is -4.42. The van der Waals surface area contributed by atoms with Crippen LogP contribution in [0.4, 0.5) is 24.7 Å². The molecule has 5 nitrogen and oxygen atoms in total. The number of nitrogens with one attached hydrogen (secondary N) is 1. The Labute approximate surface area is 225 Å². The Hall–Kier alpha value is -3.85. The predicted octanol–water partition coefficient (Wildman–Crippen LogP) is 7.41. The molecule has 0 bridgehead atoms. The van der Waals surface area contributed by atoms with E-state index in [1.54, 1.807) is 23.5 Å². The van der Waals surface area contributed by atoms with Gasteiger partial charge in [0.15, 0.2) is 5.82 Å². The summed E-state index contributed by atoms with van der Waals surface area (Å²) in [6.07, 6.45) is 2.17. The van der Waals surface area contributed by atoms with Gasteiger partial charge in [0.25, 0.3) is 0 Å². The van der Waals surface area contributed by atoms with Crippen LogP contribution in [0.2, 0.25) is 0 Å². The molecule has 0 fully saturated rings. The SMILES string of the molecule is C=C(/C=C\C=C(/C)NC(=C)N1CCCN(C)c2ccc(-c3cccc(C(F)(F)F)c3)nc21)c1csc(C)n1. The highest BCUT2D eigenvalue weighted by Crippen LogP contribution is 2.36. The van der Waals surface area contributed by atoms with Gasteiger partial charge >= 0.3 is 6.18 Å². The Kier molecular flexibility index (Phi) is 8.06. The maximum atomic E-state index is 13.3. The highest BCUT2D eigenvalue weighted by molar-refractivity contribution is 7.09. The van der Waals surface area contributed by atoms with Crippen molar-refractivity contribution in [3.8, 4) is 11.3 Å². The topological polar surface area (TPSA) is 44.3 Å². The van der Waals surface area contributed by atoms with E-state index < -0.39 is 11.7 Å². The molecule has 0 radical (unpaired) electrons. The van der Waals surface area contributed by atoms with Crippen molar-refractivity contribution in [2.45, 2.75) is 26.4 Å². The first kappa shape index (κ1) is 27.2. The molecule has 198 valence electrons. The van der Waals surface area contributed by atoms with Gasteiger partial charge in [-0.1, -0.05) is 37.4 Å². The number of hydrogen-bond acceptors (Lipinski definition) is 6. The number of aryl methyl sites for hydroxylation is 1. The number of hydrogen-bond donors (Lipinski definition) is 1. The minimum absolute atomic E-state index is 0.407. The van der Waals surface area contributed by atoms with Gasteiger partial charge in [-0.2, -0.15) is 13.2 Å². The zero-order chi connectivity index (χ0) is 27.4. The number of fused-ring (bicyclic) bond motifs is 1. The van der Waals surface area contributed by atoms with Gasteiger partial charge < -0.3 is 15.1 Å². The molecule has 1 aromatic carbocycles. The van der Waals surface area contributed by atoms with Crippen molar-refractivity contribution in [2.75, 3.05) is 29.9 Å². The number of benzene rings is 1. The summed E-state index contributed by atoms with van der Waals surface area (Å²) in [5, 5.41) is 6.30. The average molecular weight is 538 g/mol. The fraction of sp³-hybridized carbons (Fsp3) is 0.241. The predicted molar refractivity (Wildman–Crippen MR) is 151 cm³/mol. The van der Waals surface area contributed by atoms with Crippen LogP contribution in [0.5, 0.6) is 0 Å². The first-order chi connectivity index (χ1) is 18.0. The molecule has 0 amide bonds. The van der Waals surface area contributed by atoms with Crippen LogP contribution in [-0.4, -0.2) is 30.1 Å². The van der Waals surface area contributed by atoms with Crippen molar-refractivity contribution in [2.24, 2.45) is 0 Å². The van der Waals surface area contributed by atoms with Crippen molar-refractivity contribution < 1.29 is 13.2 Å². The van der Waals surface area contributed by atoms with Gasteiger partial charge in [-0.05, 0) is 56.2 Å². The van der Waals surface area contributed by atoms with E-state index in [9.17, 15) is 13.2 Å². The summed E-state index contributed by atoms with van der Waals surface area (Å²) < 4.78 is 39.9. The monoisotopic (exact) mass is 537 g/mol. The molecule has 0 atom stereocenters. The van der Waals surface area contributed by atoms with Crippen molar-refractivity contribution >= 4 is 28.4 Å². The van der Waals surface area contributed by atoms with Gasteiger partial charge in [-0.25, -0.2) is 9.97 Å². The summed E-state index contributed by atoms with van der Waals surface area (Å²) in [5.41, 5.74) is 3.61. The number of allylic oxidation sites excluding steroid dienone is 5. The van der Waals surface area contributed by atoms with E-state index in [4.69, 9.17) is 4.98 Å². The smallest absolute Gasteiger partial charge is 0.372 e. The summed E-state index contributed by atoms with van der Waals surface area (Å²) in [6.45, 7) is 13.7. The zero-order valence-electron chi connectivity index (χ0n) is 21.6. The summed E-state index contributed by atoms with van der Waals surface area (Å²) in [7, 11) is 1.98. The lowest BCUT2D eigenvalue weighted by Crippen LogP contribution is -2.31. The van der Waals surface area contributed by atoms with E-state index in [2.05, 4.69) is 28.4 Å². The second kappa shape index (κ2) is 11.3. The van der Waals surface area contributed by atoms with E-state index in [1.165, 1.54) is 6.07 Å². The van der Waals surface area contributed by atoms with E-state index in [-0.39, 0.29) is 0 Å². The number of aromatic nitrogens is 2. The van der Waals surface area contributed by atoms with Gasteiger partial charge in [0.2, 0.25) is 0 Å². The molecule has 0 saturated heterocycles. The number of halogens is 3. The molecule has 3 aromatic rings. The first-order valence-electron chi connectivity index (χ1n) is 12.1. The molecule has 1 N–H and O–H groups in total. The molecule has 2 aromatic heterocycles. The van der Waals surface area contributed by atoms with E-state index >= 15 is 0 Å². The second-order valence-corrected chi connectivity index (χ2v) is 10.2. The maximum Gasteiger partial charge on any atom is 0.416 e. The number of pyridine rings is 1. The summed E-state index contributed by atoms with van der Waals surface area (Å²) in [4.78, 5) is 13.3. The van der Waals surface area contributed by atoms with E-state index in [0.29, 0.717) is 29.4 Å². The normalized spacial score (nSPS) is 14.4. The van der Waals surface area contributed by atoms with Crippen LogP contribution in [0, 0.1) is 6.92 Å². The lowest BCUT2D eigenvalue weighted by Gasteiger charge is -2.27. The third-order valence-corrected chi connectivity index (χ3v) is 6.91. The van der Waals surface area contributed by atoms with Gasteiger partial charge in [0.1, 0.15) is 5.82 Å². The first-order valence-corrected chi connectivity index (χ1v) is 13.0. The number of rotatable bonds is 7. The molecule has 0 unspecified atom stereocenters. The fourth-order valence-corrected chi connectivity index (χ4v) is 4.79. The van der Waals surface area contributed by atoms with Gasteiger partial charge in [0.05, 0.1) is 27.6 Å². The molecular weight excluding hydrogens is 507 g/mol. The maximum absolute atomic E-state index is 13.3. The van der Waals surface area contributed by atoms with Gasteiger partial charge in [-0.15, -0.1) is 11.3 Å². The van der Waals surface area contributed by atoms with Crippen LogP contribution in [-0.2, 0) is 6.18 Å². The van der Waals surface area contributed by atoms with Crippen LogP contribution in [0.25, 0.3) is 16.8 Å². The summed E-state index contributed by atoms with van der Waals surface area (Å²) in [6, 6.07) is 8.91. The van der Waals surface area contributed by atoms with Crippen molar-refractivity contribution in [3.05, 3.63) is 101 Å². The van der Waals surface area contributed by atoms with Crippen molar-refractivity contribution in [1.82, 2.24) is 15.3 Å². The van der Waals surface area contributed by atoms with E-state index in [1.807, 2.05) is 55.5 Å². The molecule has 9 heteroatoms. The molecular formula is C29H30F3N5S. The highest BCUT2D eigenvalue weighted by Gasteiger charge is 2.31. The highest BCUT2D eigenvalue weighted by atomic mass is 32.1. The van der Waals surface area contributed by atoms with E-state index in [0.717, 1.165) is 52.8 Å². The van der Waals surface area contributed by atoms with Crippen molar-refractivity contribution in [3.63, 3.8) is 0 Å². The second-order valence-electron chi connectivity index (χ2n) is 9.10. The lowest BCUT2D eigenvalue weighted by atomic mass is 10.1. The Morgan fingerprint density at radius 1 is 1.13 bits per heavy atom. The third kappa shape index (κ3) is 6.34. The third-order valence-electron chi connectivity index (χ3n) is 6.14. The number of alkyl halides is 3. The molecule has 0 saturated carbocycles. The summed E-state index contributed by atoms with van der Waals surface area (Å²) >= 11 is 1.58. The average Bonchev–Trinajstić information content (AvgIpc) is 3.24. The molecule has 0 aliphatic carbocycles. The molecule has 0 spiro atoms. The minimum Gasteiger partial charge on any atom is -0.372 e. The fourth-order valence-electron chi connectivity index (χ4n) is 4.15. The number of anilines is 2. The molecule has 4 rings (SSSR count). The number of thiazole rings is 1. The lowest BCUT2D eigenvalue weighted by molar-refractivity contribution is -0.137. The Bertz CT molecular complexity index is 1400. The van der Waals surface area contributed by atoms with Gasteiger partial charge in [0, 0.05) is 36.8 Å². The summed E-state index contributed by atoms with van der Waals surface area (Å²) in [5.74, 6) is 1.28. The van der Waals surface area contributed by atoms with Crippen LogP contribution in [0.3, 0.4) is 0 Å². The quantitative estimate of drug-likeness (QED) is 0.318. The Balaban J connectivity index is 1.56. The Morgan fingerprint density at radius 3 is 2.63 bits per heavy atom. The van der Waals surface area contributed by atoms with Crippen LogP contribution < -0.4 is 15.1 Å². The van der Waals surface area contributed by atoms with Crippen LogP contribution >= 0.6 is 11.3 Å². The van der Waals surface area contributed by atoms with Crippen LogP contribution in [0.15, 0.2) is 84.7 Å². The molecule has 1 aliphatic heterocycles. The van der Waals surface area contributed by atoms with Gasteiger partial charge in [-0.3, -0.25) is 0 Å². The zero-order valence-corrected chi connectivity index (χ0v) is 22.5. The molecule has 3 heterocycles. The standard InChI is InChI=1S/C29H30F3N5S/c1-19(26-18-38-22(4)34-26)9-6-10-20(2)33-21(3)37-16-8-15-36(5)27-14-13-25(35-28(27)37)23-11-7-12-24(17-23)29(30,31)32/h6-7,9-14,17-18,33H,1,3,8,15-16H2,2,4-5H3/b9-6-,20-10+. The number of nitrogens with zero attached hydrogens (tertiary/aromatic N) is 4. The largest absolute Gasteiger partial charge is 0.416 e. The van der Waals surface area contributed by atoms with Crippen molar-refractivity contribution in [1.29, 1.82) is 0 Å². The Morgan fingerprint density at radius 2 is 1.92 bits per heavy atom. The molecule has 1 aliphatic rings.